The van der Waals surface area contributed by atoms with Gasteiger partial charge in [0.05, 0.1) is 0 Å². The first-order chi connectivity index (χ1) is 6.57. The minimum atomic E-state index is -0.935. The molecular weight excluding hydrogens is 178 g/mol. The van der Waals surface area contributed by atoms with E-state index in [0.29, 0.717) is 0 Å². The average Bonchev–Trinajstić information content (AvgIpc) is 2.20. The molecule has 0 bridgehead atoms. The molecule has 0 aromatic carbocycles. The van der Waals surface area contributed by atoms with Gasteiger partial charge in [0.15, 0.2) is 0 Å². The van der Waals surface area contributed by atoms with Crippen molar-refractivity contribution >= 4 is 12.0 Å². The first-order valence-electron chi connectivity index (χ1n) is 3.99. The number of hydrogen-bond acceptors (Lipinski definition) is 2. The highest BCUT2D eigenvalue weighted by molar-refractivity contribution is 5.84. The third-order valence-electron chi connectivity index (χ3n) is 1.31. The molecule has 0 fully saturated rings. The first kappa shape index (κ1) is 12.1. The molecule has 1 rings (SSSR count). The Labute approximate surface area is 83.4 Å². The molecule has 0 unspecified atom stereocenters. The van der Waals surface area contributed by atoms with E-state index in [-0.39, 0.29) is 5.57 Å². The van der Waals surface area contributed by atoms with Gasteiger partial charge < -0.3 is 5.11 Å². The molecule has 0 saturated carbocycles. The lowest BCUT2D eigenvalue weighted by atomic mass is 10.3. The Morgan fingerprint density at radius 2 is 1.93 bits per heavy atom. The van der Waals surface area contributed by atoms with Crippen molar-refractivity contribution in [1.29, 1.82) is 0 Å². The van der Waals surface area contributed by atoms with Crippen molar-refractivity contribution in [3.05, 3.63) is 48.8 Å². The van der Waals surface area contributed by atoms with Crippen molar-refractivity contribution in [2.75, 3.05) is 0 Å². The number of nitrogens with zero attached hydrogens (tertiary/aromatic N) is 1. The fourth-order valence-corrected chi connectivity index (χ4v) is 0.500. The summed E-state index contributed by atoms with van der Waals surface area (Å²) in [6.07, 6.45) is 5.29. The molecule has 0 aliphatic carbocycles. The number of rotatable bonds is 2. The van der Waals surface area contributed by atoms with Crippen LogP contribution in [0.25, 0.3) is 6.08 Å². The fraction of sp³-hybridized carbons (Fsp3) is 0.0909. The molecule has 1 heterocycles. The van der Waals surface area contributed by atoms with Gasteiger partial charge in [0.2, 0.25) is 0 Å². The van der Waals surface area contributed by atoms with E-state index < -0.39 is 5.97 Å². The summed E-state index contributed by atoms with van der Waals surface area (Å²) >= 11 is 0. The molecule has 1 N–H and O–H groups in total. The predicted octanol–water partition coefficient (Wildman–Crippen LogP) is 2.37. The van der Waals surface area contributed by atoms with Crippen LogP contribution in [-0.2, 0) is 4.79 Å². The van der Waals surface area contributed by atoms with Gasteiger partial charge >= 0.3 is 5.97 Å². The Morgan fingerprint density at radius 3 is 2.14 bits per heavy atom. The highest BCUT2D eigenvalue weighted by Gasteiger charge is 1.90. The van der Waals surface area contributed by atoms with Gasteiger partial charge in [-0.05, 0) is 24.6 Å². The van der Waals surface area contributed by atoms with Gasteiger partial charge in [-0.2, -0.15) is 0 Å². The summed E-state index contributed by atoms with van der Waals surface area (Å²) in [7, 11) is 0. The zero-order valence-electron chi connectivity index (χ0n) is 8.10. The maximum atomic E-state index is 9.60. The Balaban J connectivity index is 0.000000255. The molecule has 0 aliphatic rings. The van der Waals surface area contributed by atoms with E-state index in [2.05, 4.69) is 18.1 Å². The molecule has 14 heavy (non-hydrogen) atoms. The average molecular weight is 191 g/mol. The summed E-state index contributed by atoms with van der Waals surface area (Å²) in [6.45, 7) is 8.20. The second-order valence-electron chi connectivity index (χ2n) is 2.57. The van der Waals surface area contributed by atoms with Gasteiger partial charge in [0, 0.05) is 18.0 Å². The molecule has 1 aromatic rings. The second kappa shape index (κ2) is 6.60. The minimum absolute atomic E-state index is 0.176. The Kier molecular flexibility index (Phi) is 5.70. The Hall–Kier alpha value is -1.90. The molecule has 74 valence electrons. The number of aromatic nitrogens is 1. The van der Waals surface area contributed by atoms with E-state index in [1.54, 1.807) is 18.5 Å². The van der Waals surface area contributed by atoms with Gasteiger partial charge in [-0.3, -0.25) is 4.98 Å². The third kappa shape index (κ3) is 5.71. The van der Waals surface area contributed by atoms with Crippen LogP contribution in [0.1, 0.15) is 12.5 Å². The first-order valence-corrected chi connectivity index (χ1v) is 3.99. The van der Waals surface area contributed by atoms with Crippen LogP contribution >= 0.6 is 0 Å². The van der Waals surface area contributed by atoms with E-state index in [9.17, 15) is 4.79 Å². The van der Waals surface area contributed by atoms with E-state index in [1.165, 1.54) is 6.92 Å². The van der Waals surface area contributed by atoms with Gasteiger partial charge in [-0.25, -0.2) is 4.79 Å². The molecule has 0 aliphatic heterocycles. The Morgan fingerprint density at radius 1 is 1.50 bits per heavy atom. The van der Waals surface area contributed by atoms with Crippen molar-refractivity contribution in [3.8, 4) is 0 Å². The van der Waals surface area contributed by atoms with Crippen molar-refractivity contribution in [2.45, 2.75) is 6.92 Å². The highest BCUT2D eigenvalue weighted by atomic mass is 16.4. The summed E-state index contributed by atoms with van der Waals surface area (Å²) in [6, 6.07) is 3.82. The largest absolute Gasteiger partial charge is 0.478 e. The highest BCUT2D eigenvalue weighted by Crippen LogP contribution is 1.94. The topological polar surface area (TPSA) is 50.2 Å². The number of aliphatic carboxylic acids is 1. The van der Waals surface area contributed by atoms with Gasteiger partial charge in [0.25, 0.3) is 0 Å². The van der Waals surface area contributed by atoms with E-state index >= 15 is 0 Å². The van der Waals surface area contributed by atoms with Crippen molar-refractivity contribution < 1.29 is 9.90 Å². The number of carboxylic acid groups (broad SMARTS) is 1. The normalized spacial score (nSPS) is 8.07. The third-order valence-corrected chi connectivity index (χ3v) is 1.31. The lowest BCUT2D eigenvalue weighted by molar-refractivity contribution is -0.132. The van der Waals surface area contributed by atoms with Crippen LogP contribution in [-0.4, -0.2) is 16.1 Å². The van der Waals surface area contributed by atoms with Gasteiger partial charge in [-0.15, -0.1) is 0 Å². The molecular formula is C11H13NO2. The smallest absolute Gasteiger partial charge is 0.330 e. The minimum Gasteiger partial charge on any atom is -0.478 e. The van der Waals surface area contributed by atoms with Crippen molar-refractivity contribution in [1.82, 2.24) is 4.98 Å². The molecule has 0 saturated heterocycles. The van der Waals surface area contributed by atoms with Crippen LogP contribution in [0.15, 0.2) is 43.3 Å². The number of carbonyl (C=O) groups is 1. The molecule has 3 nitrogen and oxygen atoms in total. The summed E-state index contributed by atoms with van der Waals surface area (Å²) in [5, 5.41) is 7.89. The molecule has 0 atom stereocenters. The van der Waals surface area contributed by atoms with E-state index in [4.69, 9.17) is 5.11 Å². The van der Waals surface area contributed by atoms with Crippen LogP contribution in [0, 0.1) is 0 Å². The summed E-state index contributed by atoms with van der Waals surface area (Å²) in [5.41, 5.74) is 1.29. The Bertz CT molecular complexity index is 305. The van der Waals surface area contributed by atoms with Crippen molar-refractivity contribution in [3.63, 3.8) is 0 Å². The molecule has 1 aromatic heterocycles. The zero-order valence-corrected chi connectivity index (χ0v) is 8.10. The number of pyridine rings is 1. The second-order valence-corrected chi connectivity index (χ2v) is 2.57. The van der Waals surface area contributed by atoms with Gasteiger partial charge in [-0.1, -0.05) is 19.2 Å². The zero-order chi connectivity index (χ0) is 11.0. The summed E-state index contributed by atoms with van der Waals surface area (Å²) in [5.74, 6) is -0.935. The fourth-order valence-electron chi connectivity index (χ4n) is 0.500. The summed E-state index contributed by atoms with van der Waals surface area (Å²) < 4.78 is 0. The molecule has 0 amide bonds. The predicted molar refractivity (Wildman–Crippen MR) is 56.8 cm³/mol. The van der Waals surface area contributed by atoms with Crippen LogP contribution in [0.2, 0.25) is 0 Å². The number of hydrogen-bond donors (Lipinski definition) is 1. The quantitative estimate of drug-likeness (QED) is 0.730. The van der Waals surface area contributed by atoms with Crippen LogP contribution in [0.5, 0.6) is 0 Å². The molecule has 0 spiro atoms. The SMILES string of the molecule is C=C(C)C(=O)O.C=Cc1ccncc1. The van der Waals surface area contributed by atoms with Crippen LogP contribution in [0.3, 0.4) is 0 Å². The monoisotopic (exact) mass is 191 g/mol. The lowest BCUT2D eigenvalue weighted by Crippen LogP contribution is -1.92. The van der Waals surface area contributed by atoms with Crippen LogP contribution < -0.4 is 0 Å². The standard InChI is InChI=1S/C7H7N.C4H6O2/c1-2-7-3-5-8-6-4-7;1-3(2)4(5)6/h2-6H,1H2;1H2,2H3,(H,5,6). The maximum absolute atomic E-state index is 9.60. The maximum Gasteiger partial charge on any atom is 0.330 e. The summed E-state index contributed by atoms with van der Waals surface area (Å²) in [4.78, 5) is 13.4. The molecule has 3 heteroatoms. The number of carboxylic acids is 1. The molecule has 0 radical (unpaired) electrons. The van der Waals surface area contributed by atoms with E-state index in [0.717, 1.165) is 5.56 Å². The van der Waals surface area contributed by atoms with E-state index in [1.807, 2.05) is 12.1 Å². The van der Waals surface area contributed by atoms with Gasteiger partial charge in [0.1, 0.15) is 0 Å². The van der Waals surface area contributed by atoms with Crippen molar-refractivity contribution in [2.24, 2.45) is 0 Å². The van der Waals surface area contributed by atoms with Crippen LogP contribution in [0.4, 0.5) is 0 Å². The lowest BCUT2D eigenvalue weighted by Gasteiger charge is -1.84.